The van der Waals surface area contributed by atoms with Crippen molar-refractivity contribution in [3.8, 4) is 0 Å². The van der Waals surface area contributed by atoms with Gasteiger partial charge in [-0.2, -0.15) is 0 Å². The normalized spacial score (nSPS) is 18.7. The Labute approximate surface area is 196 Å². The number of amides is 4. The van der Waals surface area contributed by atoms with Gasteiger partial charge in [-0.1, -0.05) is 30.3 Å². The fraction of sp³-hybridized carbons (Fsp3) is 0.500. The minimum atomic E-state index is -1.60. The molecule has 0 saturated carbocycles. The number of rotatable bonds is 12. The van der Waals surface area contributed by atoms with Gasteiger partial charge in [0.2, 0.25) is 23.6 Å². The molecule has 12 nitrogen and oxygen atoms in total. The lowest BCUT2D eigenvalue weighted by Gasteiger charge is -2.25. The number of nitrogens with two attached hydrogens (primary N) is 1. The molecule has 5 atom stereocenters. The molecule has 0 spiro atoms. The third kappa shape index (κ3) is 8.12. The molecule has 1 aromatic rings. The Kier molecular flexibility index (Phi) is 9.95. The van der Waals surface area contributed by atoms with E-state index in [0.717, 1.165) is 6.42 Å². The zero-order chi connectivity index (χ0) is 25.3. The molecule has 2 rings (SSSR count). The van der Waals surface area contributed by atoms with E-state index in [2.05, 4.69) is 21.3 Å². The van der Waals surface area contributed by atoms with Crippen molar-refractivity contribution < 1.29 is 34.2 Å². The molecule has 1 aromatic carbocycles. The van der Waals surface area contributed by atoms with E-state index in [1.165, 1.54) is 6.92 Å². The molecule has 0 aromatic heterocycles. The van der Waals surface area contributed by atoms with Crippen molar-refractivity contribution in [3.05, 3.63) is 35.9 Å². The van der Waals surface area contributed by atoms with Crippen molar-refractivity contribution in [2.24, 2.45) is 5.73 Å². The summed E-state index contributed by atoms with van der Waals surface area (Å²) in [5, 5.41) is 29.1. The highest BCUT2D eigenvalue weighted by atomic mass is 16.4. The van der Waals surface area contributed by atoms with Crippen LogP contribution in [0.1, 0.15) is 31.7 Å². The molecule has 1 saturated heterocycles. The first kappa shape index (κ1) is 26.7. The second kappa shape index (κ2) is 12.7. The van der Waals surface area contributed by atoms with Crippen LogP contribution in [-0.2, 0) is 30.4 Å². The van der Waals surface area contributed by atoms with Gasteiger partial charge in [0.1, 0.15) is 12.1 Å². The van der Waals surface area contributed by atoms with E-state index in [4.69, 9.17) is 5.73 Å². The molecule has 0 radical (unpaired) electrons. The number of benzene rings is 1. The second-order valence-corrected chi connectivity index (χ2v) is 8.20. The summed E-state index contributed by atoms with van der Waals surface area (Å²) in [6.45, 7) is 1.86. The number of nitrogens with one attached hydrogen (secondary N) is 4. The SMILES string of the molecule is CC(O)C(NC(=O)C(Cc1ccccc1)NC(=O)C(CC(N)=O)NC(=O)C1CCCN1)C(=O)O. The molecule has 1 aliphatic rings. The van der Waals surface area contributed by atoms with E-state index in [1.54, 1.807) is 30.3 Å². The smallest absolute Gasteiger partial charge is 0.328 e. The number of hydrogen-bond acceptors (Lipinski definition) is 7. The van der Waals surface area contributed by atoms with Crippen LogP contribution >= 0.6 is 0 Å². The third-order valence-corrected chi connectivity index (χ3v) is 5.38. The predicted molar refractivity (Wildman–Crippen MR) is 120 cm³/mol. The number of aliphatic hydroxyl groups is 1. The maximum absolute atomic E-state index is 13.0. The average molecular weight is 478 g/mol. The fourth-order valence-corrected chi connectivity index (χ4v) is 3.57. The van der Waals surface area contributed by atoms with Gasteiger partial charge in [0, 0.05) is 6.42 Å². The topological polar surface area (TPSA) is 200 Å². The Balaban J connectivity index is 2.20. The van der Waals surface area contributed by atoms with Crippen molar-refractivity contribution in [2.75, 3.05) is 6.54 Å². The summed E-state index contributed by atoms with van der Waals surface area (Å²) < 4.78 is 0. The average Bonchev–Trinajstić information content (AvgIpc) is 3.31. The maximum Gasteiger partial charge on any atom is 0.328 e. The van der Waals surface area contributed by atoms with Crippen LogP contribution in [0, 0.1) is 0 Å². The van der Waals surface area contributed by atoms with Crippen LogP contribution in [0.25, 0.3) is 0 Å². The van der Waals surface area contributed by atoms with Gasteiger partial charge in [-0.05, 0) is 31.9 Å². The van der Waals surface area contributed by atoms with Crippen molar-refractivity contribution in [1.82, 2.24) is 21.3 Å². The largest absolute Gasteiger partial charge is 0.480 e. The molecular formula is C22H31N5O7. The quantitative estimate of drug-likeness (QED) is 0.175. The molecule has 186 valence electrons. The van der Waals surface area contributed by atoms with Gasteiger partial charge in [-0.25, -0.2) is 4.79 Å². The van der Waals surface area contributed by atoms with Gasteiger partial charge in [0.15, 0.2) is 6.04 Å². The van der Waals surface area contributed by atoms with Gasteiger partial charge < -0.3 is 37.2 Å². The number of carbonyl (C=O) groups is 5. The monoisotopic (exact) mass is 477 g/mol. The highest BCUT2D eigenvalue weighted by Crippen LogP contribution is 2.08. The van der Waals surface area contributed by atoms with Crippen molar-refractivity contribution in [1.29, 1.82) is 0 Å². The minimum Gasteiger partial charge on any atom is -0.480 e. The van der Waals surface area contributed by atoms with Gasteiger partial charge in [-0.15, -0.1) is 0 Å². The van der Waals surface area contributed by atoms with E-state index in [0.29, 0.717) is 18.5 Å². The van der Waals surface area contributed by atoms with Crippen LogP contribution in [0.15, 0.2) is 30.3 Å². The molecule has 5 unspecified atom stereocenters. The Bertz CT molecular complexity index is 887. The Hall–Kier alpha value is -3.51. The summed E-state index contributed by atoms with van der Waals surface area (Å²) in [6, 6.07) is 3.96. The Morgan fingerprint density at radius 2 is 1.71 bits per heavy atom. The van der Waals surface area contributed by atoms with Crippen LogP contribution < -0.4 is 27.0 Å². The zero-order valence-electron chi connectivity index (χ0n) is 18.8. The van der Waals surface area contributed by atoms with Crippen LogP contribution in [-0.4, -0.2) is 76.6 Å². The number of carboxylic acids is 1. The molecule has 34 heavy (non-hydrogen) atoms. The maximum atomic E-state index is 13.0. The third-order valence-electron chi connectivity index (χ3n) is 5.38. The summed E-state index contributed by atoms with van der Waals surface area (Å²) in [7, 11) is 0. The van der Waals surface area contributed by atoms with Gasteiger partial charge in [-0.3, -0.25) is 19.2 Å². The molecule has 0 bridgehead atoms. The number of hydrogen-bond donors (Lipinski definition) is 7. The number of carbonyl (C=O) groups excluding carboxylic acids is 4. The van der Waals surface area contributed by atoms with E-state index < -0.39 is 66.3 Å². The molecular weight excluding hydrogens is 446 g/mol. The molecule has 1 fully saturated rings. The number of aliphatic carboxylic acids is 1. The lowest BCUT2D eigenvalue weighted by atomic mass is 10.0. The summed E-state index contributed by atoms with van der Waals surface area (Å²) in [6.07, 6.45) is -0.527. The number of carboxylic acid groups (broad SMARTS) is 1. The van der Waals surface area contributed by atoms with E-state index in [1.807, 2.05) is 0 Å². The summed E-state index contributed by atoms with van der Waals surface area (Å²) in [4.78, 5) is 61.3. The first-order valence-corrected chi connectivity index (χ1v) is 11.0. The molecule has 1 heterocycles. The Morgan fingerprint density at radius 1 is 1.06 bits per heavy atom. The first-order chi connectivity index (χ1) is 16.1. The van der Waals surface area contributed by atoms with Gasteiger partial charge in [0.05, 0.1) is 18.6 Å². The predicted octanol–water partition coefficient (Wildman–Crippen LogP) is -2.22. The molecule has 4 amide bonds. The molecule has 0 aliphatic carbocycles. The van der Waals surface area contributed by atoms with E-state index in [-0.39, 0.29) is 6.42 Å². The number of primary amides is 1. The zero-order valence-corrected chi connectivity index (χ0v) is 18.8. The van der Waals surface area contributed by atoms with Crippen molar-refractivity contribution >= 4 is 29.6 Å². The molecule has 8 N–H and O–H groups in total. The highest BCUT2D eigenvalue weighted by Gasteiger charge is 2.33. The summed E-state index contributed by atoms with van der Waals surface area (Å²) >= 11 is 0. The van der Waals surface area contributed by atoms with E-state index in [9.17, 15) is 34.2 Å². The van der Waals surface area contributed by atoms with Gasteiger partial charge >= 0.3 is 5.97 Å². The van der Waals surface area contributed by atoms with Crippen molar-refractivity contribution in [2.45, 2.75) is 62.9 Å². The van der Waals surface area contributed by atoms with Crippen LogP contribution in [0.2, 0.25) is 0 Å². The van der Waals surface area contributed by atoms with Crippen LogP contribution in [0.3, 0.4) is 0 Å². The fourth-order valence-electron chi connectivity index (χ4n) is 3.57. The first-order valence-electron chi connectivity index (χ1n) is 11.0. The van der Waals surface area contributed by atoms with E-state index >= 15 is 0 Å². The Morgan fingerprint density at radius 3 is 2.24 bits per heavy atom. The minimum absolute atomic E-state index is 0.00796. The van der Waals surface area contributed by atoms with Crippen LogP contribution in [0.5, 0.6) is 0 Å². The van der Waals surface area contributed by atoms with Gasteiger partial charge in [0.25, 0.3) is 0 Å². The number of aliphatic hydroxyl groups excluding tert-OH is 1. The summed E-state index contributed by atoms with van der Waals surface area (Å²) in [5.74, 6) is -4.43. The lowest BCUT2D eigenvalue weighted by molar-refractivity contribution is -0.145. The molecule has 12 heteroatoms. The van der Waals surface area contributed by atoms with Crippen LogP contribution in [0.4, 0.5) is 0 Å². The highest BCUT2D eigenvalue weighted by molar-refractivity contribution is 5.96. The summed E-state index contributed by atoms with van der Waals surface area (Å²) in [5.41, 5.74) is 5.91. The standard InChI is InChI=1S/C22H31N5O7/c1-12(28)18(22(33)34)27-21(32)15(10-13-6-3-2-4-7-13)25-20(31)16(11-17(23)29)26-19(30)14-8-5-9-24-14/h2-4,6-7,12,14-16,18,24,28H,5,8-11H2,1H3,(H2,23,29)(H,25,31)(H,26,30)(H,27,32)(H,33,34). The second-order valence-electron chi connectivity index (χ2n) is 8.20. The molecule has 1 aliphatic heterocycles. The lowest BCUT2D eigenvalue weighted by Crippen LogP contribution is -2.59. The van der Waals surface area contributed by atoms with Crippen molar-refractivity contribution in [3.63, 3.8) is 0 Å².